The molecule has 8 heteroatoms. The summed E-state index contributed by atoms with van der Waals surface area (Å²) in [7, 11) is 0. The molecule has 1 aromatic carbocycles. The van der Waals surface area contributed by atoms with Gasteiger partial charge in [-0.05, 0) is 17.5 Å². The van der Waals surface area contributed by atoms with Gasteiger partial charge in [0.15, 0.2) is 0 Å². The van der Waals surface area contributed by atoms with E-state index in [-0.39, 0.29) is 18.1 Å². The minimum absolute atomic E-state index is 0.103. The predicted octanol–water partition coefficient (Wildman–Crippen LogP) is 2.22. The summed E-state index contributed by atoms with van der Waals surface area (Å²) in [6.07, 6.45) is 1.82. The Morgan fingerprint density at radius 1 is 1.33 bits per heavy atom. The average Bonchev–Trinajstić information content (AvgIpc) is 2.95. The molecular formula is C16H11N4O3S-. The Morgan fingerprint density at radius 3 is 3.04 bits per heavy atom. The Kier molecular flexibility index (Phi) is 3.31. The van der Waals surface area contributed by atoms with Crippen molar-refractivity contribution in [2.45, 2.75) is 6.42 Å². The molecule has 1 aliphatic rings. The number of thiophene rings is 1. The number of anilines is 3. The van der Waals surface area contributed by atoms with Crippen LogP contribution in [0.5, 0.6) is 11.5 Å². The van der Waals surface area contributed by atoms with E-state index in [2.05, 4.69) is 20.6 Å². The number of nitrogens with zero attached hydrogens (tertiary/aromatic N) is 2. The lowest BCUT2D eigenvalue weighted by atomic mass is 10.1. The molecule has 24 heavy (non-hydrogen) atoms. The number of carbonyl (C=O) groups excluding carboxylic acids is 1. The van der Waals surface area contributed by atoms with Gasteiger partial charge in [-0.2, -0.15) is 0 Å². The van der Waals surface area contributed by atoms with E-state index in [0.717, 1.165) is 16.1 Å². The number of aromatic hydroxyl groups is 1. The summed E-state index contributed by atoms with van der Waals surface area (Å²) >= 11 is 1.49. The summed E-state index contributed by atoms with van der Waals surface area (Å²) in [6, 6.07) is 5.96. The second-order valence-corrected chi connectivity index (χ2v) is 6.18. The van der Waals surface area contributed by atoms with Crippen LogP contribution in [0.2, 0.25) is 0 Å². The molecule has 0 unspecified atom stereocenters. The smallest absolute Gasteiger partial charge is 0.228 e. The van der Waals surface area contributed by atoms with E-state index >= 15 is 0 Å². The number of rotatable bonds is 2. The van der Waals surface area contributed by atoms with Crippen LogP contribution in [-0.4, -0.2) is 21.0 Å². The maximum absolute atomic E-state index is 11.9. The second-order valence-electron chi connectivity index (χ2n) is 5.26. The average molecular weight is 339 g/mol. The van der Waals surface area contributed by atoms with Crippen LogP contribution in [0.1, 0.15) is 5.56 Å². The molecule has 0 fully saturated rings. The third kappa shape index (κ3) is 2.52. The van der Waals surface area contributed by atoms with E-state index in [1.807, 2.05) is 11.4 Å². The predicted molar refractivity (Wildman–Crippen MR) is 88.5 cm³/mol. The Morgan fingerprint density at radius 2 is 2.21 bits per heavy atom. The summed E-state index contributed by atoms with van der Waals surface area (Å²) in [5.41, 5.74) is 2.68. The number of hydrogen-bond donors (Lipinski definition) is 3. The topological polar surface area (TPSA) is 110 Å². The molecule has 0 radical (unpaired) electrons. The number of hydrogen-bond acceptors (Lipinski definition) is 7. The molecule has 0 saturated carbocycles. The van der Waals surface area contributed by atoms with Gasteiger partial charge in [0.1, 0.15) is 5.75 Å². The van der Waals surface area contributed by atoms with E-state index in [0.29, 0.717) is 17.3 Å². The van der Waals surface area contributed by atoms with E-state index in [9.17, 15) is 15.0 Å². The summed E-state index contributed by atoms with van der Waals surface area (Å²) in [5.74, 6) is -0.574. The molecule has 0 bridgehead atoms. The van der Waals surface area contributed by atoms with Crippen molar-refractivity contribution < 1.29 is 15.0 Å². The van der Waals surface area contributed by atoms with Crippen LogP contribution in [0, 0.1) is 0 Å². The Balaban J connectivity index is 1.74. The monoisotopic (exact) mass is 339 g/mol. The zero-order valence-electron chi connectivity index (χ0n) is 12.2. The van der Waals surface area contributed by atoms with Crippen molar-refractivity contribution in [1.82, 2.24) is 9.97 Å². The molecule has 3 heterocycles. The number of nitrogens with one attached hydrogen (secondary N) is 2. The van der Waals surface area contributed by atoms with Gasteiger partial charge in [-0.25, -0.2) is 9.97 Å². The summed E-state index contributed by atoms with van der Waals surface area (Å²) in [4.78, 5) is 21.5. The largest absolute Gasteiger partial charge is 0.870 e. The maximum Gasteiger partial charge on any atom is 0.228 e. The van der Waals surface area contributed by atoms with Gasteiger partial charge >= 0.3 is 0 Å². The summed E-state index contributed by atoms with van der Waals surface area (Å²) in [5, 5.41) is 28.4. The third-order valence-electron chi connectivity index (χ3n) is 3.59. The van der Waals surface area contributed by atoms with Gasteiger partial charge in [-0.1, -0.05) is 11.8 Å². The van der Waals surface area contributed by atoms with Crippen molar-refractivity contribution in [1.29, 1.82) is 0 Å². The molecule has 120 valence electrons. The molecule has 3 N–H and O–H groups in total. The highest BCUT2D eigenvalue weighted by Crippen LogP contribution is 2.37. The first-order chi connectivity index (χ1) is 11.6. The molecule has 2 aromatic heterocycles. The van der Waals surface area contributed by atoms with Crippen molar-refractivity contribution in [2.75, 3.05) is 10.6 Å². The van der Waals surface area contributed by atoms with E-state index in [1.54, 1.807) is 12.3 Å². The number of amides is 1. The zero-order valence-corrected chi connectivity index (χ0v) is 13.1. The fourth-order valence-corrected chi connectivity index (χ4v) is 3.35. The van der Waals surface area contributed by atoms with Crippen molar-refractivity contribution in [2.24, 2.45) is 0 Å². The van der Waals surface area contributed by atoms with Crippen LogP contribution < -0.4 is 15.7 Å². The molecule has 0 spiro atoms. The first-order valence-corrected chi connectivity index (χ1v) is 7.99. The van der Waals surface area contributed by atoms with Crippen molar-refractivity contribution in [3.8, 4) is 22.1 Å². The molecule has 4 rings (SSSR count). The highest BCUT2D eigenvalue weighted by atomic mass is 32.1. The van der Waals surface area contributed by atoms with Gasteiger partial charge in [0.05, 0.1) is 22.7 Å². The molecule has 1 aliphatic heterocycles. The van der Waals surface area contributed by atoms with Gasteiger partial charge < -0.3 is 20.8 Å². The molecule has 0 atom stereocenters. The summed E-state index contributed by atoms with van der Waals surface area (Å²) < 4.78 is 0. The number of phenols is 1. The normalized spacial score (nSPS) is 12.8. The lowest BCUT2D eigenvalue weighted by Gasteiger charge is -2.12. The lowest BCUT2D eigenvalue weighted by Crippen LogP contribution is -2.12. The quantitative estimate of drug-likeness (QED) is 0.660. The number of benzene rings is 1. The molecule has 0 saturated heterocycles. The van der Waals surface area contributed by atoms with E-state index in [4.69, 9.17) is 0 Å². The molecule has 0 aliphatic carbocycles. The molecule has 3 aromatic rings. The van der Waals surface area contributed by atoms with E-state index < -0.39 is 5.75 Å². The fraction of sp³-hybridized carbons (Fsp3) is 0.0625. The zero-order chi connectivity index (χ0) is 16.7. The van der Waals surface area contributed by atoms with E-state index in [1.165, 1.54) is 23.5 Å². The number of aromatic nitrogens is 2. The second kappa shape index (κ2) is 5.50. The summed E-state index contributed by atoms with van der Waals surface area (Å²) in [6.45, 7) is 0. The molecule has 1 amide bonds. The minimum Gasteiger partial charge on any atom is -0.870 e. The fourth-order valence-electron chi connectivity index (χ4n) is 2.48. The molecule has 7 nitrogen and oxygen atoms in total. The highest BCUT2D eigenvalue weighted by molar-refractivity contribution is 7.14. The SMILES string of the molecule is O=C1Cc2cnc(Nc3ccc([O-])c(O)c3)nc2-c2sccc2N1. The van der Waals surface area contributed by atoms with Crippen LogP contribution >= 0.6 is 11.3 Å². The Labute approximate surface area is 140 Å². The van der Waals surface area contributed by atoms with Crippen LogP contribution in [0.3, 0.4) is 0 Å². The van der Waals surface area contributed by atoms with Gasteiger partial charge in [-0.15, -0.1) is 11.3 Å². The van der Waals surface area contributed by atoms with Crippen LogP contribution in [0.25, 0.3) is 10.6 Å². The minimum atomic E-state index is -0.448. The van der Waals surface area contributed by atoms with Crippen LogP contribution in [0.4, 0.5) is 17.3 Å². The maximum atomic E-state index is 11.9. The van der Waals surface area contributed by atoms with Crippen LogP contribution in [-0.2, 0) is 11.2 Å². The highest BCUT2D eigenvalue weighted by Gasteiger charge is 2.22. The van der Waals surface area contributed by atoms with Crippen molar-refractivity contribution in [3.05, 3.63) is 41.4 Å². The van der Waals surface area contributed by atoms with Gasteiger partial charge in [0, 0.05) is 23.5 Å². The first kappa shape index (κ1) is 14.5. The van der Waals surface area contributed by atoms with Crippen molar-refractivity contribution >= 4 is 34.6 Å². The van der Waals surface area contributed by atoms with Crippen LogP contribution in [0.15, 0.2) is 35.8 Å². The lowest BCUT2D eigenvalue weighted by molar-refractivity contribution is -0.270. The Hall–Kier alpha value is -3.13. The molecular weight excluding hydrogens is 328 g/mol. The standard InChI is InChI=1S/C16H12N4O3S/c21-11-2-1-9(6-12(11)22)18-16-17-7-8-5-13(23)19-10-3-4-24-15(10)14(8)20-16/h1-4,6-7,21-22H,5H2,(H,19,23)(H,17,18,20)/p-1. The van der Waals surface area contributed by atoms with Gasteiger partial charge in [-0.3, -0.25) is 4.79 Å². The Bertz CT molecular complexity index is 954. The van der Waals surface area contributed by atoms with Gasteiger partial charge in [0.25, 0.3) is 0 Å². The first-order valence-electron chi connectivity index (χ1n) is 7.11. The van der Waals surface area contributed by atoms with Gasteiger partial charge in [0.2, 0.25) is 11.9 Å². The van der Waals surface area contributed by atoms with Crippen molar-refractivity contribution in [3.63, 3.8) is 0 Å². The number of phenolic OH excluding ortho intramolecular Hbond substituents is 1. The number of carbonyl (C=O) groups is 1. The third-order valence-corrected chi connectivity index (χ3v) is 4.51. The number of fused-ring (bicyclic) bond motifs is 3.